The normalized spacial score (nSPS) is 10.1. The number of carboxylic acid groups (broad SMARTS) is 1. The third-order valence-corrected chi connectivity index (χ3v) is 2.99. The van der Waals surface area contributed by atoms with Crippen LogP contribution in [0.2, 0.25) is 0 Å². The van der Waals surface area contributed by atoms with Crippen molar-refractivity contribution < 1.29 is 9.90 Å². The van der Waals surface area contributed by atoms with Gasteiger partial charge in [0.05, 0.1) is 12.4 Å². The maximum Gasteiger partial charge on any atom is 0.323 e. The van der Waals surface area contributed by atoms with Crippen LogP contribution in [-0.2, 0) is 4.79 Å². The van der Waals surface area contributed by atoms with E-state index in [2.05, 4.69) is 31.2 Å². The van der Waals surface area contributed by atoms with Gasteiger partial charge in [0, 0.05) is 17.2 Å². The molecule has 0 aliphatic heterocycles. The zero-order valence-electron chi connectivity index (χ0n) is 10.7. The van der Waals surface area contributed by atoms with E-state index in [4.69, 9.17) is 5.11 Å². The van der Waals surface area contributed by atoms with Crippen molar-refractivity contribution in [3.05, 3.63) is 41.1 Å². The highest BCUT2D eigenvalue weighted by Gasteiger charge is 2.07. The fourth-order valence-electron chi connectivity index (χ4n) is 1.58. The summed E-state index contributed by atoms with van der Waals surface area (Å²) in [5.74, 6) is 0.188. The fraction of sp³-hybridized carbons (Fsp3) is 0.154. The first-order chi connectivity index (χ1) is 9.54. The molecule has 0 bridgehead atoms. The highest BCUT2D eigenvalue weighted by atomic mass is 79.9. The number of likely N-dealkylation sites (N-methyl/N-ethyl adjacent to an activating group) is 1. The minimum absolute atomic E-state index is 0.118. The lowest BCUT2D eigenvalue weighted by Crippen LogP contribution is -2.26. The molecule has 0 saturated carbocycles. The topological polar surface area (TPSA) is 78.4 Å². The van der Waals surface area contributed by atoms with E-state index in [1.807, 2.05) is 24.3 Å². The minimum atomic E-state index is -0.911. The summed E-state index contributed by atoms with van der Waals surface area (Å²) in [4.78, 5) is 20.5. The third kappa shape index (κ3) is 3.92. The maximum absolute atomic E-state index is 10.6. The number of hydrogen-bond acceptors (Lipinski definition) is 5. The quantitative estimate of drug-likeness (QED) is 0.873. The molecular weight excluding hydrogens is 324 g/mol. The number of rotatable bonds is 5. The van der Waals surface area contributed by atoms with Crippen LogP contribution in [0.4, 0.5) is 17.3 Å². The van der Waals surface area contributed by atoms with Crippen molar-refractivity contribution in [2.24, 2.45) is 0 Å². The number of hydrogen-bond donors (Lipinski definition) is 2. The molecule has 0 spiro atoms. The molecule has 20 heavy (non-hydrogen) atoms. The molecule has 6 nitrogen and oxygen atoms in total. The Morgan fingerprint density at radius 2 is 2.20 bits per heavy atom. The lowest BCUT2D eigenvalue weighted by atomic mass is 10.3. The van der Waals surface area contributed by atoms with Crippen LogP contribution in [0.5, 0.6) is 0 Å². The Labute approximate surface area is 124 Å². The molecule has 7 heteroatoms. The van der Waals surface area contributed by atoms with E-state index in [1.54, 1.807) is 13.2 Å². The number of aromatic nitrogens is 2. The van der Waals surface area contributed by atoms with Gasteiger partial charge in [-0.1, -0.05) is 22.0 Å². The van der Waals surface area contributed by atoms with Crippen LogP contribution in [0.25, 0.3) is 0 Å². The number of aliphatic carboxylic acids is 1. The number of anilines is 3. The number of benzene rings is 1. The van der Waals surface area contributed by atoms with Gasteiger partial charge in [-0.15, -0.1) is 0 Å². The Morgan fingerprint density at radius 3 is 2.80 bits per heavy atom. The van der Waals surface area contributed by atoms with Crippen molar-refractivity contribution >= 4 is 39.2 Å². The van der Waals surface area contributed by atoms with Crippen LogP contribution in [-0.4, -0.2) is 34.6 Å². The molecule has 0 fully saturated rings. The summed E-state index contributed by atoms with van der Waals surface area (Å²) in [6.07, 6.45) is 3.10. The standard InChI is InChI=1S/C13H13BrN4O2/c1-18(8-13(19)20)12-7-15-11(6-16-12)17-10-4-2-3-9(14)5-10/h2-7H,8H2,1H3,(H,15,17)(H,19,20). The Balaban J connectivity index is 2.06. The molecular formula is C13H13BrN4O2. The highest BCUT2D eigenvalue weighted by molar-refractivity contribution is 9.10. The second-order valence-corrected chi connectivity index (χ2v) is 5.06. The van der Waals surface area contributed by atoms with Gasteiger partial charge in [0.1, 0.15) is 18.2 Å². The average molecular weight is 337 g/mol. The highest BCUT2D eigenvalue weighted by Crippen LogP contribution is 2.19. The van der Waals surface area contributed by atoms with Crippen molar-refractivity contribution in [3.8, 4) is 0 Å². The number of nitrogens with zero attached hydrogens (tertiary/aromatic N) is 3. The molecule has 0 aliphatic carbocycles. The average Bonchev–Trinajstić information content (AvgIpc) is 2.38. The summed E-state index contributed by atoms with van der Waals surface area (Å²) in [5, 5.41) is 11.8. The van der Waals surface area contributed by atoms with E-state index in [0.717, 1.165) is 10.2 Å². The molecule has 0 atom stereocenters. The van der Waals surface area contributed by atoms with Crippen molar-refractivity contribution in [2.75, 3.05) is 23.8 Å². The molecule has 0 amide bonds. The van der Waals surface area contributed by atoms with Gasteiger partial charge in [0.2, 0.25) is 0 Å². The lowest BCUT2D eigenvalue weighted by Gasteiger charge is -2.15. The van der Waals surface area contributed by atoms with Crippen molar-refractivity contribution in [1.29, 1.82) is 0 Å². The van der Waals surface area contributed by atoms with Crippen LogP contribution in [0.1, 0.15) is 0 Å². The van der Waals surface area contributed by atoms with Gasteiger partial charge in [-0.25, -0.2) is 9.97 Å². The van der Waals surface area contributed by atoms with Gasteiger partial charge in [-0.3, -0.25) is 4.79 Å². The number of carbonyl (C=O) groups is 1. The smallest absolute Gasteiger partial charge is 0.323 e. The molecule has 1 aromatic heterocycles. The maximum atomic E-state index is 10.6. The van der Waals surface area contributed by atoms with Gasteiger partial charge >= 0.3 is 5.97 Å². The zero-order chi connectivity index (χ0) is 14.5. The zero-order valence-corrected chi connectivity index (χ0v) is 12.3. The first-order valence-corrected chi connectivity index (χ1v) is 6.61. The predicted octanol–water partition coefficient (Wildman–Crippen LogP) is 2.50. The van der Waals surface area contributed by atoms with Crippen molar-refractivity contribution in [2.45, 2.75) is 0 Å². The van der Waals surface area contributed by atoms with Crippen LogP contribution < -0.4 is 10.2 Å². The van der Waals surface area contributed by atoms with Crippen molar-refractivity contribution in [3.63, 3.8) is 0 Å². The Morgan fingerprint density at radius 1 is 1.40 bits per heavy atom. The van der Waals surface area contributed by atoms with Crippen LogP contribution in [0.15, 0.2) is 41.1 Å². The van der Waals surface area contributed by atoms with Gasteiger partial charge in [0.25, 0.3) is 0 Å². The third-order valence-electron chi connectivity index (χ3n) is 2.50. The molecule has 2 rings (SSSR count). The van der Waals surface area contributed by atoms with E-state index in [9.17, 15) is 4.79 Å². The first kappa shape index (κ1) is 14.3. The largest absolute Gasteiger partial charge is 0.480 e. The van der Waals surface area contributed by atoms with Crippen LogP contribution in [0.3, 0.4) is 0 Å². The fourth-order valence-corrected chi connectivity index (χ4v) is 1.98. The van der Waals surface area contributed by atoms with E-state index >= 15 is 0 Å². The second-order valence-electron chi connectivity index (χ2n) is 4.14. The van der Waals surface area contributed by atoms with Crippen LogP contribution >= 0.6 is 15.9 Å². The minimum Gasteiger partial charge on any atom is -0.480 e. The SMILES string of the molecule is CN(CC(=O)O)c1cnc(Nc2cccc(Br)c2)cn1. The van der Waals surface area contributed by atoms with E-state index < -0.39 is 5.97 Å². The molecule has 2 N–H and O–H groups in total. The molecule has 104 valence electrons. The second kappa shape index (κ2) is 6.33. The molecule has 0 unspecified atom stereocenters. The molecule has 0 aliphatic rings. The van der Waals surface area contributed by atoms with Gasteiger partial charge in [-0.2, -0.15) is 0 Å². The molecule has 1 heterocycles. The van der Waals surface area contributed by atoms with Gasteiger partial charge in [0.15, 0.2) is 0 Å². The van der Waals surface area contributed by atoms with Gasteiger partial charge in [-0.05, 0) is 18.2 Å². The summed E-state index contributed by atoms with van der Waals surface area (Å²) < 4.78 is 0.966. The van der Waals surface area contributed by atoms with E-state index in [1.165, 1.54) is 11.1 Å². The number of nitrogens with one attached hydrogen (secondary N) is 1. The summed E-state index contributed by atoms with van der Waals surface area (Å²) in [6, 6.07) is 7.68. The Bertz CT molecular complexity index is 604. The number of carboxylic acids is 1. The summed E-state index contributed by atoms with van der Waals surface area (Å²) in [5.41, 5.74) is 0.889. The summed E-state index contributed by atoms with van der Waals surface area (Å²) in [6.45, 7) is -0.118. The van der Waals surface area contributed by atoms with Gasteiger partial charge < -0.3 is 15.3 Å². The monoisotopic (exact) mass is 336 g/mol. The Kier molecular flexibility index (Phi) is 4.52. The number of halogens is 1. The first-order valence-electron chi connectivity index (χ1n) is 5.82. The molecule has 0 saturated heterocycles. The molecule has 2 aromatic rings. The Hall–Kier alpha value is -2.15. The van der Waals surface area contributed by atoms with E-state index in [0.29, 0.717) is 11.6 Å². The predicted molar refractivity (Wildman–Crippen MR) is 80.4 cm³/mol. The molecule has 0 radical (unpaired) electrons. The van der Waals surface area contributed by atoms with Crippen molar-refractivity contribution in [1.82, 2.24) is 9.97 Å². The summed E-state index contributed by atoms with van der Waals surface area (Å²) >= 11 is 3.39. The lowest BCUT2D eigenvalue weighted by molar-refractivity contribution is -0.135. The van der Waals surface area contributed by atoms with E-state index in [-0.39, 0.29) is 6.54 Å². The van der Waals surface area contributed by atoms with Crippen LogP contribution in [0, 0.1) is 0 Å². The summed E-state index contributed by atoms with van der Waals surface area (Å²) in [7, 11) is 1.65. The molecule has 1 aromatic carbocycles.